The van der Waals surface area contributed by atoms with Crippen molar-refractivity contribution in [1.29, 1.82) is 0 Å². The topological polar surface area (TPSA) is 12.0 Å². The molecular weight excluding hydrogens is 261 g/mol. The molecule has 106 valence electrons. The van der Waals surface area contributed by atoms with E-state index in [0.29, 0.717) is 5.92 Å². The van der Waals surface area contributed by atoms with E-state index in [2.05, 4.69) is 19.2 Å². The van der Waals surface area contributed by atoms with Crippen molar-refractivity contribution in [3.05, 3.63) is 34.6 Å². The lowest BCUT2D eigenvalue weighted by Crippen LogP contribution is -2.31. The van der Waals surface area contributed by atoms with Gasteiger partial charge in [0.25, 0.3) is 0 Å². The van der Waals surface area contributed by atoms with Crippen molar-refractivity contribution in [2.45, 2.75) is 39.2 Å². The molecule has 0 aliphatic heterocycles. The van der Waals surface area contributed by atoms with Gasteiger partial charge < -0.3 is 5.32 Å². The molecule has 1 saturated carbocycles. The van der Waals surface area contributed by atoms with Crippen molar-refractivity contribution in [1.82, 2.24) is 5.32 Å². The van der Waals surface area contributed by atoms with Crippen molar-refractivity contribution < 1.29 is 4.39 Å². The fraction of sp³-hybridized carbons (Fsp3) is 0.625. The van der Waals surface area contributed by atoms with Gasteiger partial charge in [-0.1, -0.05) is 44.0 Å². The van der Waals surface area contributed by atoms with Crippen molar-refractivity contribution in [3.8, 4) is 0 Å². The van der Waals surface area contributed by atoms with Crippen LogP contribution in [0.25, 0.3) is 0 Å². The number of hydrogen-bond acceptors (Lipinski definition) is 1. The second kappa shape index (κ2) is 6.23. The first-order valence-electron chi connectivity index (χ1n) is 7.15. The summed E-state index contributed by atoms with van der Waals surface area (Å²) in [6.07, 6.45) is 3.61. The van der Waals surface area contributed by atoms with E-state index in [0.717, 1.165) is 17.4 Å². The van der Waals surface area contributed by atoms with Gasteiger partial charge >= 0.3 is 0 Å². The zero-order chi connectivity index (χ0) is 14.0. The van der Waals surface area contributed by atoms with Gasteiger partial charge in [-0.05, 0) is 49.3 Å². The van der Waals surface area contributed by atoms with Gasteiger partial charge in [-0.15, -0.1) is 0 Å². The lowest BCUT2D eigenvalue weighted by molar-refractivity contribution is 0.174. The predicted molar refractivity (Wildman–Crippen MR) is 78.9 cm³/mol. The molecule has 1 nitrogen and oxygen atoms in total. The molecule has 1 fully saturated rings. The van der Waals surface area contributed by atoms with Crippen molar-refractivity contribution in [2.24, 2.45) is 17.8 Å². The van der Waals surface area contributed by atoms with E-state index < -0.39 is 0 Å². The Morgan fingerprint density at radius 1 is 1.26 bits per heavy atom. The summed E-state index contributed by atoms with van der Waals surface area (Å²) in [7, 11) is 1.94. The first kappa shape index (κ1) is 14.8. The maximum absolute atomic E-state index is 13.6. The summed E-state index contributed by atoms with van der Waals surface area (Å²) in [4.78, 5) is 0. The fourth-order valence-corrected chi connectivity index (χ4v) is 3.54. The van der Waals surface area contributed by atoms with Gasteiger partial charge in [0, 0.05) is 6.04 Å². The SMILES string of the molecule is CNC(c1cccc(F)c1Cl)C1CCC(C)C(C)C1. The van der Waals surface area contributed by atoms with E-state index in [4.69, 9.17) is 11.6 Å². The standard InChI is InChI=1S/C16H23ClFN/c1-10-7-8-12(9-11(10)2)16(19-3)13-5-4-6-14(18)15(13)17/h4-6,10-12,16,19H,7-9H2,1-3H3. The minimum Gasteiger partial charge on any atom is -0.313 e. The molecule has 1 aromatic rings. The maximum atomic E-state index is 13.6. The zero-order valence-corrected chi connectivity index (χ0v) is 12.7. The van der Waals surface area contributed by atoms with Crippen LogP contribution in [0.4, 0.5) is 4.39 Å². The van der Waals surface area contributed by atoms with Gasteiger partial charge in [0.1, 0.15) is 5.82 Å². The molecule has 1 aromatic carbocycles. The third-order valence-electron chi connectivity index (χ3n) is 4.74. The number of rotatable bonds is 3. The first-order valence-corrected chi connectivity index (χ1v) is 7.53. The van der Waals surface area contributed by atoms with Gasteiger partial charge in [0.05, 0.1) is 5.02 Å². The third-order valence-corrected chi connectivity index (χ3v) is 5.14. The highest BCUT2D eigenvalue weighted by Crippen LogP contribution is 2.41. The molecule has 0 saturated heterocycles. The summed E-state index contributed by atoms with van der Waals surface area (Å²) in [5.41, 5.74) is 0.899. The van der Waals surface area contributed by atoms with Crippen molar-refractivity contribution in [2.75, 3.05) is 7.05 Å². The van der Waals surface area contributed by atoms with Crippen LogP contribution >= 0.6 is 11.6 Å². The van der Waals surface area contributed by atoms with Crippen LogP contribution in [0.5, 0.6) is 0 Å². The maximum Gasteiger partial charge on any atom is 0.142 e. The number of halogens is 2. The van der Waals surface area contributed by atoms with E-state index in [1.807, 2.05) is 13.1 Å². The zero-order valence-electron chi connectivity index (χ0n) is 11.9. The molecule has 2 rings (SSSR count). The Hall–Kier alpha value is -0.600. The number of benzene rings is 1. The summed E-state index contributed by atoms with van der Waals surface area (Å²) in [6, 6.07) is 5.26. The van der Waals surface area contributed by atoms with Crippen LogP contribution in [0.2, 0.25) is 5.02 Å². The second-order valence-corrected chi connectivity index (χ2v) is 6.32. The summed E-state index contributed by atoms with van der Waals surface area (Å²) in [5, 5.41) is 3.61. The Bertz CT molecular complexity index is 435. The van der Waals surface area contributed by atoms with Gasteiger partial charge in [0.15, 0.2) is 0 Å². The second-order valence-electron chi connectivity index (χ2n) is 5.94. The minimum absolute atomic E-state index is 0.151. The number of hydrogen-bond donors (Lipinski definition) is 1. The average molecular weight is 284 g/mol. The molecule has 0 heterocycles. The van der Waals surface area contributed by atoms with Gasteiger partial charge in [-0.2, -0.15) is 0 Å². The Labute approximate surface area is 120 Å². The minimum atomic E-state index is -0.323. The van der Waals surface area contributed by atoms with E-state index in [9.17, 15) is 4.39 Å². The number of nitrogens with one attached hydrogen (secondary N) is 1. The Morgan fingerprint density at radius 2 is 2.00 bits per heavy atom. The van der Waals surface area contributed by atoms with E-state index >= 15 is 0 Å². The Morgan fingerprint density at radius 3 is 2.63 bits per heavy atom. The van der Waals surface area contributed by atoms with Crippen LogP contribution in [0, 0.1) is 23.6 Å². The highest BCUT2D eigenvalue weighted by Gasteiger charge is 2.31. The lowest BCUT2D eigenvalue weighted by atomic mass is 9.72. The molecule has 1 N–H and O–H groups in total. The first-order chi connectivity index (χ1) is 9.04. The Balaban J connectivity index is 2.22. The molecule has 4 unspecified atom stereocenters. The molecule has 1 aliphatic rings. The van der Waals surface area contributed by atoms with Crippen LogP contribution in [0.1, 0.15) is 44.7 Å². The molecule has 0 aromatic heterocycles. The van der Waals surface area contributed by atoms with E-state index in [-0.39, 0.29) is 16.9 Å². The molecule has 3 heteroatoms. The Kier molecular flexibility index (Phi) is 4.86. The molecule has 0 radical (unpaired) electrons. The quantitative estimate of drug-likeness (QED) is 0.839. The summed E-state index contributed by atoms with van der Waals surface area (Å²) in [6.45, 7) is 4.64. The van der Waals surface area contributed by atoms with Crippen LogP contribution in [0.3, 0.4) is 0 Å². The summed E-state index contributed by atoms with van der Waals surface area (Å²) >= 11 is 6.14. The van der Waals surface area contributed by atoms with Crippen LogP contribution in [-0.2, 0) is 0 Å². The lowest BCUT2D eigenvalue weighted by Gasteiger charge is -2.37. The molecule has 0 spiro atoms. The van der Waals surface area contributed by atoms with Crippen LogP contribution < -0.4 is 5.32 Å². The van der Waals surface area contributed by atoms with Gasteiger partial charge in [-0.25, -0.2) is 4.39 Å². The summed E-state index contributed by atoms with van der Waals surface area (Å²) in [5.74, 6) is 1.73. The highest BCUT2D eigenvalue weighted by atomic mass is 35.5. The molecule has 0 bridgehead atoms. The fourth-order valence-electron chi connectivity index (χ4n) is 3.30. The molecule has 4 atom stereocenters. The average Bonchev–Trinajstić information content (AvgIpc) is 2.39. The largest absolute Gasteiger partial charge is 0.313 e. The molecule has 19 heavy (non-hydrogen) atoms. The van der Waals surface area contributed by atoms with Crippen molar-refractivity contribution >= 4 is 11.6 Å². The molecule has 1 aliphatic carbocycles. The summed E-state index contributed by atoms with van der Waals surface area (Å²) < 4.78 is 13.6. The molecule has 0 amide bonds. The van der Waals surface area contributed by atoms with Crippen LogP contribution in [0.15, 0.2) is 18.2 Å². The van der Waals surface area contributed by atoms with E-state index in [1.54, 1.807) is 6.07 Å². The highest BCUT2D eigenvalue weighted by molar-refractivity contribution is 6.31. The van der Waals surface area contributed by atoms with Crippen molar-refractivity contribution in [3.63, 3.8) is 0 Å². The monoisotopic (exact) mass is 283 g/mol. The predicted octanol–water partition coefficient (Wildman–Crippen LogP) is 4.81. The van der Waals surface area contributed by atoms with Crippen LogP contribution in [-0.4, -0.2) is 7.05 Å². The van der Waals surface area contributed by atoms with E-state index in [1.165, 1.54) is 25.3 Å². The normalized spacial score (nSPS) is 29.2. The van der Waals surface area contributed by atoms with Gasteiger partial charge in [0.2, 0.25) is 0 Å². The molecular formula is C16H23ClFN. The smallest absolute Gasteiger partial charge is 0.142 e. The third kappa shape index (κ3) is 3.11. The van der Waals surface area contributed by atoms with Gasteiger partial charge in [-0.3, -0.25) is 0 Å².